The van der Waals surface area contributed by atoms with Gasteiger partial charge in [-0.25, -0.2) is 4.98 Å². The minimum Gasteiger partial charge on any atom is -0.371 e. The molecule has 1 spiro atoms. The SMILES string of the molecule is CCc1nc2ccc(Cl)cn2c1C(=O)NCc1ccc(N2CCC3(CC2)OC[C@@H](C)O3)cc1. The van der Waals surface area contributed by atoms with Gasteiger partial charge in [0.1, 0.15) is 11.3 Å². The summed E-state index contributed by atoms with van der Waals surface area (Å²) in [5, 5.41) is 3.60. The zero-order valence-electron chi connectivity index (χ0n) is 19.0. The Hall–Kier alpha value is -2.61. The number of nitrogens with one attached hydrogen (secondary N) is 1. The number of imidazole rings is 1. The third kappa shape index (κ3) is 4.45. The number of fused-ring (bicyclic) bond motifs is 1. The molecule has 1 aromatic carbocycles. The van der Waals surface area contributed by atoms with E-state index < -0.39 is 0 Å². The van der Waals surface area contributed by atoms with Crippen LogP contribution in [-0.4, -0.2) is 46.9 Å². The number of ether oxygens (including phenoxy) is 2. The number of piperidine rings is 1. The quantitative estimate of drug-likeness (QED) is 0.607. The zero-order valence-corrected chi connectivity index (χ0v) is 19.8. The van der Waals surface area contributed by atoms with Gasteiger partial charge in [0.25, 0.3) is 5.91 Å². The molecule has 2 aliphatic heterocycles. The van der Waals surface area contributed by atoms with E-state index in [0.29, 0.717) is 30.3 Å². The summed E-state index contributed by atoms with van der Waals surface area (Å²) in [6.45, 7) is 6.99. The fourth-order valence-electron chi connectivity index (χ4n) is 4.72. The highest BCUT2D eigenvalue weighted by molar-refractivity contribution is 6.30. The molecule has 1 atom stereocenters. The number of nitrogens with zero attached hydrogens (tertiary/aromatic N) is 3. The van der Waals surface area contributed by atoms with Crippen molar-refractivity contribution in [2.45, 2.75) is 51.5 Å². The van der Waals surface area contributed by atoms with Crippen molar-refractivity contribution in [2.75, 3.05) is 24.6 Å². The van der Waals surface area contributed by atoms with E-state index in [1.54, 1.807) is 16.7 Å². The number of hydrogen-bond acceptors (Lipinski definition) is 5. The predicted molar refractivity (Wildman–Crippen MR) is 128 cm³/mol. The Morgan fingerprint density at radius 2 is 1.97 bits per heavy atom. The van der Waals surface area contributed by atoms with Crippen LogP contribution >= 0.6 is 11.6 Å². The largest absolute Gasteiger partial charge is 0.371 e. The molecular formula is C25H29ClN4O3. The lowest BCUT2D eigenvalue weighted by molar-refractivity contribution is -0.178. The standard InChI is InChI=1S/C25H29ClN4O3/c1-3-21-23(30-15-19(26)6-9-22(30)28-21)24(31)27-14-18-4-7-20(8-5-18)29-12-10-25(11-13-29)32-16-17(2)33-25/h4-9,15,17H,3,10-14,16H2,1-2H3,(H,27,31)/t17-/m1/s1. The van der Waals surface area contributed by atoms with Crippen LogP contribution < -0.4 is 10.2 Å². The van der Waals surface area contributed by atoms with E-state index >= 15 is 0 Å². The van der Waals surface area contributed by atoms with Crippen molar-refractivity contribution >= 4 is 28.8 Å². The zero-order chi connectivity index (χ0) is 23.0. The van der Waals surface area contributed by atoms with Gasteiger partial charge in [0.15, 0.2) is 5.79 Å². The van der Waals surface area contributed by atoms with Crippen molar-refractivity contribution in [2.24, 2.45) is 0 Å². The molecule has 0 radical (unpaired) electrons. The summed E-state index contributed by atoms with van der Waals surface area (Å²) in [5.74, 6) is -0.544. The predicted octanol–water partition coefficient (Wildman–Crippen LogP) is 4.21. The minimum atomic E-state index is -0.389. The first kappa shape index (κ1) is 22.2. The van der Waals surface area contributed by atoms with Crippen LogP contribution in [0.2, 0.25) is 5.02 Å². The van der Waals surface area contributed by atoms with E-state index in [-0.39, 0.29) is 17.8 Å². The summed E-state index contributed by atoms with van der Waals surface area (Å²) < 4.78 is 13.7. The molecule has 1 N–H and O–H groups in total. The van der Waals surface area contributed by atoms with E-state index in [2.05, 4.69) is 46.4 Å². The molecule has 5 rings (SSSR count). The molecule has 0 saturated carbocycles. The summed E-state index contributed by atoms with van der Waals surface area (Å²) in [6, 6.07) is 12.0. The summed E-state index contributed by atoms with van der Waals surface area (Å²) in [7, 11) is 0. The summed E-state index contributed by atoms with van der Waals surface area (Å²) >= 11 is 6.14. The second-order valence-corrected chi connectivity index (χ2v) is 9.26. The van der Waals surface area contributed by atoms with Gasteiger partial charge in [0, 0.05) is 44.4 Å². The molecule has 8 heteroatoms. The Morgan fingerprint density at radius 1 is 1.21 bits per heavy atom. The van der Waals surface area contributed by atoms with Crippen LogP contribution in [0.25, 0.3) is 5.65 Å². The van der Waals surface area contributed by atoms with Gasteiger partial charge < -0.3 is 19.7 Å². The average molecular weight is 469 g/mol. The topological polar surface area (TPSA) is 68.1 Å². The molecule has 4 heterocycles. The smallest absolute Gasteiger partial charge is 0.270 e. The van der Waals surface area contributed by atoms with Gasteiger partial charge in [0.05, 0.1) is 23.4 Å². The van der Waals surface area contributed by atoms with Gasteiger partial charge in [-0.1, -0.05) is 30.7 Å². The monoisotopic (exact) mass is 468 g/mol. The van der Waals surface area contributed by atoms with E-state index in [1.165, 1.54) is 5.69 Å². The van der Waals surface area contributed by atoms with Crippen molar-refractivity contribution in [3.05, 3.63) is 64.6 Å². The lowest BCUT2D eigenvalue weighted by Crippen LogP contribution is -2.45. The third-order valence-electron chi connectivity index (χ3n) is 6.48. The number of carbonyl (C=O) groups excluding carboxylic acids is 1. The highest BCUT2D eigenvalue weighted by Gasteiger charge is 2.42. The maximum Gasteiger partial charge on any atom is 0.270 e. The first-order valence-corrected chi connectivity index (χ1v) is 11.9. The fraction of sp³-hybridized carbons (Fsp3) is 0.440. The second kappa shape index (κ2) is 8.97. The number of rotatable bonds is 5. The van der Waals surface area contributed by atoms with Gasteiger partial charge in [-0.05, 0) is 43.2 Å². The number of aromatic nitrogens is 2. The first-order valence-electron chi connectivity index (χ1n) is 11.6. The van der Waals surface area contributed by atoms with Crippen LogP contribution in [0.3, 0.4) is 0 Å². The Kier molecular flexibility index (Phi) is 6.03. The number of amides is 1. The number of hydrogen-bond donors (Lipinski definition) is 1. The lowest BCUT2D eigenvalue weighted by atomic mass is 10.0. The Morgan fingerprint density at radius 3 is 2.64 bits per heavy atom. The van der Waals surface area contributed by atoms with Crippen LogP contribution in [0.5, 0.6) is 0 Å². The number of anilines is 1. The van der Waals surface area contributed by atoms with Crippen molar-refractivity contribution in [1.82, 2.24) is 14.7 Å². The normalized spacial score (nSPS) is 20.0. The number of pyridine rings is 1. The molecule has 2 aliphatic rings. The van der Waals surface area contributed by atoms with Crippen LogP contribution in [-0.2, 0) is 22.4 Å². The van der Waals surface area contributed by atoms with Crippen LogP contribution in [0, 0.1) is 0 Å². The Balaban J connectivity index is 1.21. The van der Waals surface area contributed by atoms with Crippen LogP contribution in [0.4, 0.5) is 5.69 Å². The summed E-state index contributed by atoms with van der Waals surface area (Å²) in [5.41, 5.74) is 4.24. The molecule has 3 aromatic rings. The van der Waals surface area contributed by atoms with Crippen LogP contribution in [0.15, 0.2) is 42.6 Å². The van der Waals surface area contributed by atoms with Crippen LogP contribution in [0.1, 0.15) is 48.4 Å². The molecule has 1 amide bonds. The summed E-state index contributed by atoms with van der Waals surface area (Å²) in [6.07, 6.45) is 4.33. The lowest BCUT2D eigenvalue weighted by Gasteiger charge is -2.39. The number of halogens is 1. The van der Waals surface area contributed by atoms with E-state index in [4.69, 9.17) is 21.1 Å². The van der Waals surface area contributed by atoms with Gasteiger partial charge >= 0.3 is 0 Å². The molecule has 0 bridgehead atoms. The maximum absolute atomic E-state index is 13.0. The van der Waals surface area contributed by atoms with Crippen molar-refractivity contribution < 1.29 is 14.3 Å². The fourth-order valence-corrected chi connectivity index (χ4v) is 4.88. The molecule has 0 unspecified atom stereocenters. The molecule has 7 nitrogen and oxygen atoms in total. The molecule has 33 heavy (non-hydrogen) atoms. The van der Waals surface area contributed by atoms with Crippen molar-refractivity contribution in [3.63, 3.8) is 0 Å². The highest BCUT2D eigenvalue weighted by atomic mass is 35.5. The summed E-state index contributed by atoms with van der Waals surface area (Å²) in [4.78, 5) is 19.9. The average Bonchev–Trinajstić information content (AvgIpc) is 3.38. The second-order valence-electron chi connectivity index (χ2n) is 8.82. The highest BCUT2D eigenvalue weighted by Crippen LogP contribution is 2.35. The maximum atomic E-state index is 13.0. The minimum absolute atomic E-state index is 0.155. The molecule has 2 aromatic heterocycles. The third-order valence-corrected chi connectivity index (χ3v) is 6.71. The van der Waals surface area contributed by atoms with E-state index in [9.17, 15) is 4.79 Å². The Labute approximate surface area is 198 Å². The van der Waals surface area contributed by atoms with Crippen molar-refractivity contribution in [3.8, 4) is 0 Å². The molecule has 2 saturated heterocycles. The van der Waals surface area contributed by atoms with Crippen molar-refractivity contribution in [1.29, 1.82) is 0 Å². The van der Waals surface area contributed by atoms with Gasteiger partial charge in [-0.15, -0.1) is 0 Å². The number of carbonyl (C=O) groups is 1. The Bertz CT molecular complexity index is 1150. The van der Waals surface area contributed by atoms with Gasteiger partial charge in [-0.2, -0.15) is 0 Å². The van der Waals surface area contributed by atoms with E-state index in [1.807, 2.05) is 13.0 Å². The van der Waals surface area contributed by atoms with Gasteiger partial charge in [0.2, 0.25) is 0 Å². The molecule has 174 valence electrons. The molecule has 0 aliphatic carbocycles. The number of aryl methyl sites for hydroxylation is 1. The van der Waals surface area contributed by atoms with E-state index in [0.717, 1.165) is 42.8 Å². The molecule has 2 fully saturated rings. The van der Waals surface area contributed by atoms with Gasteiger partial charge in [-0.3, -0.25) is 9.20 Å². The first-order chi connectivity index (χ1) is 16.0. The number of benzene rings is 1. The molecular weight excluding hydrogens is 440 g/mol.